The second-order valence-electron chi connectivity index (χ2n) is 7.43. The van der Waals surface area contributed by atoms with Gasteiger partial charge in [0.25, 0.3) is 0 Å². The van der Waals surface area contributed by atoms with E-state index < -0.39 is 0 Å². The maximum Gasteiger partial charge on any atom is 0.249 e. The van der Waals surface area contributed by atoms with Crippen LogP contribution in [-0.2, 0) is 11.3 Å². The fourth-order valence-corrected chi connectivity index (χ4v) is 3.72. The zero-order valence-electron chi connectivity index (χ0n) is 16.6. The van der Waals surface area contributed by atoms with E-state index in [4.69, 9.17) is 16.0 Å². The number of amides is 1. The number of benzene rings is 2. The fourth-order valence-electron chi connectivity index (χ4n) is 3.50. The Kier molecular flexibility index (Phi) is 5.22. The van der Waals surface area contributed by atoms with Gasteiger partial charge >= 0.3 is 0 Å². The van der Waals surface area contributed by atoms with Gasteiger partial charge in [0, 0.05) is 29.3 Å². The number of rotatable bonds is 6. The lowest BCUT2D eigenvalue weighted by Gasteiger charge is -2.18. The number of carbonyl (C=O) groups is 1. The van der Waals surface area contributed by atoms with Crippen molar-refractivity contribution in [2.24, 2.45) is 0 Å². The first kappa shape index (κ1) is 19.5. The van der Waals surface area contributed by atoms with E-state index in [9.17, 15) is 4.79 Å². The van der Waals surface area contributed by atoms with E-state index in [-0.39, 0.29) is 18.5 Å². The van der Waals surface area contributed by atoms with Gasteiger partial charge in [0.1, 0.15) is 0 Å². The van der Waals surface area contributed by atoms with Crippen molar-refractivity contribution >= 4 is 34.5 Å². The van der Waals surface area contributed by atoms with Gasteiger partial charge in [-0.2, -0.15) is 0 Å². The number of pyridine rings is 1. The van der Waals surface area contributed by atoms with Crippen LogP contribution in [-0.4, -0.2) is 32.0 Å². The van der Waals surface area contributed by atoms with Crippen LogP contribution in [0.1, 0.15) is 24.3 Å². The predicted octanol–water partition coefficient (Wildman–Crippen LogP) is 5.14. The third kappa shape index (κ3) is 4.20. The van der Waals surface area contributed by atoms with Gasteiger partial charge in [-0.15, -0.1) is 10.2 Å². The summed E-state index contributed by atoms with van der Waals surface area (Å²) in [6.45, 7) is 0.263. The molecular formula is C24H19ClN4O2. The minimum absolute atomic E-state index is 0.0899. The summed E-state index contributed by atoms with van der Waals surface area (Å²) < 4.78 is 5.79. The molecule has 0 aliphatic heterocycles. The second-order valence-corrected chi connectivity index (χ2v) is 7.84. The van der Waals surface area contributed by atoms with Crippen LogP contribution in [0.15, 0.2) is 71.3 Å². The zero-order valence-corrected chi connectivity index (χ0v) is 17.4. The summed E-state index contributed by atoms with van der Waals surface area (Å²) in [7, 11) is 0. The number of carbonyl (C=O) groups excluding carboxylic acids is 1. The van der Waals surface area contributed by atoms with Crippen LogP contribution in [0.5, 0.6) is 0 Å². The van der Waals surface area contributed by atoms with Crippen LogP contribution in [0.3, 0.4) is 0 Å². The molecule has 4 aromatic rings. The standard InChI is InChI=1S/C24H19ClN4O2/c25-20-9-2-1-8-19(20)24-28-27-21(31-24)15-29(18-11-12-18)22(30)13-10-17-6-3-5-16-7-4-14-26-23(16)17/h1-10,13-14,18H,11-12,15H2. The molecule has 31 heavy (non-hydrogen) atoms. The number of halogens is 1. The van der Waals surface area contributed by atoms with Crippen LogP contribution in [0.4, 0.5) is 0 Å². The summed E-state index contributed by atoms with van der Waals surface area (Å²) in [6.07, 6.45) is 7.11. The van der Waals surface area contributed by atoms with Gasteiger partial charge < -0.3 is 9.32 Å². The SMILES string of the molecule is O=C(C=Cc1cccc2cccnc12)N(Cc1nnc(-c2ccccc2Cl)o1)C1CC1. The van der Waals surface area contributed by atoms with E-state index in [1.807, 2.05) is 54.6 Å². The summed E-state index contributed by atoms with van der Waals surface area (Å²) in [5, 5.41) is 9.80. The Labute approximate surface area is 184 Å². The molecule has 1 aliphatic carbocycles. The highest BCUT2D eigenvalue weighted by molar-refractivity contribution is 6.33. The van der Waals surface area contributed by atoms with Crippen LogP contribution in [0.2, 0.25) is 5.02 Å². The molecule has 1 aliphatic rings. The van der Waals surface area contributed by atoms with Gasteiger partial charge in [0.15, 0.2) is 0 Å². The molecule has 0 radical (unpaired) electrons. The van der Waals surface area contributed by atoms with Crippen molar-refractivity contribution in [1.29, 1.82) is 0 Å². The smallest absolute Gasteiger partial charge is 0.249 e. The van der Waals surface area contributed by atoms with Crippen molar-refractivity contribution in [3.63, 3.8) is 0 Å². The van der Waals surface area contributed by atoms with Gasteiger partial charge in [-0.05, 0) is 37.1 Å². The van der Waals surface area contributed by atoms with Crippen LogP contribution in [0, 0.1) is 0 Å². The average molecular weight is 431 g/mol. The topological polar surface area (TPSA) is 72.1 Å². The Hall–Kier alpha value is -3.51. The first-order valence-corrected chi connectivity index (χ1v) is 10.5. The van der Waals surface area contributed by atoms with E-state index in [1.165, 1.54) is 0 Å². The lowest BCUT2D eigenvalue weighted by Crippen LogP contribution is -2.31. The molecule has 0 bridgehead atoms. The molecule has 0 spiro atoms. The molecule has 2 aromatic heterocycles. The monoisotopic (exact) mass is 430 g/mol. The Bertz CT molecular complexity index is 1270. The summed E-state index contributed by atoms with van der Waals surface area (Å²) in [4.78, 5) is 19.2. The summed E-state index contributed by atoms with van der Waals surface area (Å²) in [5.74, 6) is 0.643. The molecule has 0 atom stereocenters. The molecular weight excluding hydrogens is 412 g/mol. The van der Waals surface area contributed by atoms with Crippen molar-refractivity contribution in [3.8, 4) is 11.5 Å². The number of aromatic nitrogens is 3. The maximum absolute atomic E-state index is 13.0. The first-order valence-electron chi connectivity index (χ1n) is 10.1. The molecule has 5 rings (SSSR count). The van der Waals surface area contributed by atoms with E-state index in [1.54, 1.807) is 23.2 Å². The van der Waals surface area contributed by atoms with Crippen LogP contribution in [0.25, 0.3) is 28.4 Å². The van der Waals surface area contributed by atoms with Crippen molar-refractivity contribution in [2.75, 3.05) is 0 Å². The molecule has 2 aromatic carbocycles. The molecule has 0 N–H and O–H groups in total. The fraction of sp³-hybridized carbons (Fsp3) is 0.167. The minimum Gasteiger partial charge on any atom is -0.419 e. The Morgan fingerprint density at radius 2 is 1.94 bits per heavy atom. The summed E-state index contributed by atoms with van der Waals surface area (Å²) in [6, 6.07) is 17.3. The third-order valence-electron chi connectivity index (χ3n) is 5.22. The van der Waals surface area contributed by atoms with Crippen molar-refractivity contribution in [2.45, 2.75) is 25.4 Å². The number of hydrogen-bond acceptors (Lipinski definition) is 5. The average Bonchev–Trinajstić information content (AvgIpc) is 3.54. The molecule has 0 unspecified atom stereocenters. The molecule has 154 valence electrons. The number of hydrogen-bond donors (Lipinski definition) is 0. The van der Waals surface area contributed by atoms with Crippen LogP contribution < -0.4 is 0 Å². The third-order valence-corrected chi connectivity index (χ3v) is 5.55. The van der Waals surface area contributed by atoms with E-state index in [0.29, 0.717) is 22.4 Å². The van der Waals surface area contributed by atoms with Gasteiger partial charge in [-0.3, -0.25) is 9.78 Å². The van der Waals surface area contributed by atoms with E-state index in [0.717, 1.165) is 29.3 Å². The van der Waals surface area contributed by atoms with Gasteiger partial charge in [-0.25, -0.2) is 0 Å². The van der Waals surface area contributed by atoms with Crippen LogP contribution >= 0.6 is 11.6 Å². The normalized spacial score (nSPS) is 13.7. The highest BCUT2D eigenvalue weighted by Crippen LogP contribution is 2.30. The molecule has 1 amide bonds. The molecule has 6 nitrogen and oxygen atoms in total. The van der Waals surface area contributed by atoms with Gasteiger partial charge in [-0.1, -0.05) is 48.0 Å². The first-order chi connectivity index (χ1) is 15.2. The molecule has 2 heterocycles. The maximum atomic E-state index is 13.0. The summed E-state index contributed by atoms with van der Waals surface area (Å²) in [5.41, 5.74) is 2.45. The Morgan fingerprint density at radius 1 is 1.10 bits per heavy atom. The Morgan fingerprint density at radius 3 is 2.77 bits per heavy atom. The van der Waals surface area contributed by atoms with Crippen molar-refractivity contribution in [3.05, 3.63) is 83.3 Å². The van der Waals surface area contributed by atoms with Gasteiger partial charge in [0.05, 0.1) is 22.6 Å². The largest absolute Gasteiger partial charge is 0.419 e. The van der Waals surface area contributed by atoms with Crippen molar-refractivity contribution in [1.82, 2.24) is 20.1 Å². The predicted molar refractivity (Wildman–Crippen MR) is 119 cm³/mol. The number of fused-ring (bicyclic) bond motifs is 1. The van der Waals surface area contributed by atoms with E-state index in [2.05, 4.69) is 15.2 Å². The Balaban J connectivity index is 1.35. The molecule has 1 fully saturated rings. The van der Waals surface area contributed by atoms with E-state index >= 15 is 0 Å². The minimum atomic E-state index is -0.0899. The molecule has 7 heteroatoms. The second kappa shape index (κ2) is 8.32. The van der Waals surface area contributed by atoms with Gasteiger partial charge in [0.2, 0.25) is 17.7 Å². The molecule has 0 saturated heterocycles. The quantitative estimate of drug-likeness (QED) is 0.396. The number of nitrogens with zero attached hydrogens (tertiary/aromatic N) is 4. The number of para-hydroxylation sites is 1. The lowest BCUT2D eigenvalue weighted by molar-refractivity contribution is -0.127. The molecule has 1 saturated carbocycles. The van der Waals surface area contributed by atoms with Crippen molar-refractivity contribution < 1.29 is 9.21 Å². The lowest BCUT2D eigenvalue weighted by atomic mass is 10.1. The highest BCUT2D eigenvalue weighted by Gasteiger charge is 2.33. The summed E-state index contributed by atoms with van der Waals surface area (Å²) >= 11 is 6.22. The zero-order chi connectivity index (χ0) is 21.2. The highest BCUT2D eigenvalue weighted by atomic mass is 35.5.